The summed E-state index contributed by atoms with van der Waals surface area (Å²) in [4.78, 5) is 12.9. The first-order valence-corrected chi connectivity index (χ1v) is 7.63. The summed E-state index contributed by atoms with van der Waals surface area (Å²) in [6.07, 6.45) is 1.99. The predicted octanol–water partition coefficient (Wildman–Crippen LogP) is 2.40. The van der Waals surface area contributed by atoms with Crippen molar-refractivity contribution in [2.24, 2.45) is 0 Å². The zero-order valence-electron chi connectivity index (χ0n) is 12.0. The summed E-state index contributed by atoms with van der Waals surface area (Å²) in [5.41, 5.74) is 6.64. The first-order valence-electron chi connectivity index (χ1n) is 6.82. The van der Waals surface area contributed by atoms with Crippen LogP contribution >= 0.6 is 11.3 Å². The molecule has 0 bridgehead atoms. The minimum absolute atomic E-state index is 0.104. The van der Waals surface area contributed by atoms with E-state index in [9.17, 15) is 4.79 Å². The third-order valence-electron chi connectivity index (χ3n) is 3.91. The molecule has 1 saturated carbocycles. The Morgan fingerprint density at radius 1 is 1.38 bits per heavy atom. The van der Waals surface area contributed by atoms with E-state index >= 15 is 0 Å². The van der Waals surface area contributed by atoms with Crippen LogP contribution in [0.5, 0.6) is 5.75 Å². The standard InChI is InChI=1S/C15H18N2O3S/c1-19-9-3-4-11-12(7-9)21-14(13(11)16)15(18)17-8-5-10(6-8)20-2/h3-4,7-8,10H,5-6,16H2,1-2H3,(H,17,18). The minimum Gasteiger partial charge on any atom is -0.497 e. The summed E-state index contributed by atoms with van der Waals surface area (Å²) in [6.45, 7) is 0. The van der Waals surface area contributed by atoms with Gasteiger partial charge in [-0.25, -0.2) is 0 Å². The molecule has 0 radical (unpaired) electrons. The van der Waals surface area contributed by atoms with E-state index in [0.29, 0.717) is 10.6 Å². The molecule has 3 N–H and O–H groups in total. The smallest absolute Gasteiger partial charge is 0.263 e. The van der Waals surface area contributed by atoms with Gasteiger partial charge in [-0.1, -0.05) is 0 Å². The summed E-state index contributed by atoms with van der Waals surface area (Å²) in [5.74, 6) is 0.657. The molecule has 2 aromatic rings. The van der Waals surface area contributed by atoms with Gasteiger partial charge in [0.15, 0.2) is 0 Å². The number of benzene rings is 1. The van der Waals surface area contributed by atoms with Crippen molar-refractivity contribution < 1.29 is 14.3 Å². The fourth-order valence-electron chi connectivity index (χ4n) is 2.52. The summed E-state index contributed by atoms with van der Waals surface area (Å²) >= 11 is 1.40. The maximum atomic E-state index is 12.3. The third-order valence-corrected chi connectivity index (χ3v) is 5.07. The molecule has 1 aromatic carbocycles. The molecule has 5 nitrogen and oxygen atoms in total. The Morgan fingerprint density at radius 2 is 2.14 bits per heavy atom. The molecular weight excluding hydrogens is 288 g/mol. The lowest BCUT2D eigenvalue weighted by atomic mass is 9.89. The molecule has 6 heteroatoms. The molecule has 0 atom stereocenters. The lowest BCUT2D eigenvalue weighted by Gasteiger charge is -2.34. The number of hydrogen-bond acceptors (Lipinski definition) is 5. The van der Waals surface area contributed by atoms with Crippen molar-refractivity contribution in [1.82, 2.24) is 5.32 Å². The molecule has 1 aromatic heterocycles. The quantitative estimate of drug-likeness (QED) is 0.909. The van der Waals surface area contributed by atoms with Crippen molar-refractivity contribution >= 4 is 33.0 Å². The number of amides is 1. The van der Waals surface area contributed by atoms with E-state index in [2.05, 4.69) is 5.32 Å². The van der Waals surface area contributed by atoms with E-state index < -0.39 is 0 Å². The number of rotatable bonds is 4. The first-order chi connectivity index (χ1) is 10.1. The highest BCUT2D eigenvalue weighted by Crippen LogP contribution is 2.36. The SMILES string of the molecule is COc1ccc2c(N)c(C(=O)NC3CC(OC)C3)sc2c1. The van der Waals surface area contributed by atoms with Gasteiger partial charge >= 0.3 is 0 Å². The highest BCUT2D eigenvalue weighted by Gasteiger charge is 2.31. The first kappa shape index (κ1) is 14.2. The number of nitrogens with two attached hydrogens (primary N) is 1. The Balaban J connectivity index is 1.80. The molecule has 112 valence electrons. The zero-order valence-corrected chi connectivity index (χ0v) is 12.8. The van der Waals surface area contributed by atoms with Crippen LogP contribution in [-0.2, 0) is 4.74 Å². The predicted molar refractivity (Wildman–Crippen MR) is 84.1 cm³/mol. The lowest BCUT2D eigenvalue weighted by Crippen LogP contribution is -2.47. The average Bonchev–Trinajstić information content (AvgIpc) is 2.78. The van der Waals surface area contributed by atoms with E-state index in [1.807, 2.05) is 18.2 Å². The minimum atomic E-state index is -0.104. The maximum absolute atomic E-state index is 12.3. The molecule has 0 aliphatic heterocycles. The molecule has 1 aliphatic carbocycles. The monoisotopic (exact) mass is 306 g/mol. The fourth-order valence-corrected chi connectivity index (χ4v) is 3.57. The second-order valence-electron chi connectivity index (χ2n) is 5.21. The maximum Gasteiger partial charge on any atom is 0.263 e. The number of methoxy groups -OCH3 is 2. The number of nitrogen functional groups attached to an aromatic ring is 1. The molecule has 1 heterocycles. The van der Waals surface area contributed by atoms with Crippen LogP contribution in [0.4, 0.5) is 5.69 Å². The summed E-state index contributed by atoms with van der Waals surface area (Å²) in [6, 6.07) is 5.82. The number of carbonyl (C=O) groups excluding carboxylic acids is 1. The van der Waals surface area contributed by atoms with Crippen LogP contribution in [0.15, 0.2) is 18.2 Å². The number of nitrogens with one attached hydrogen (secondary N) is 1. The number of anilines is 1. The molecule has 21 heavy (non-hydrogen) atoms. The third kappa shape index (κ3) is 2.56. The van der Waals surface area contributed by atoms with Gasteiger partial charge in [0.05, 0.1) is 18.9 Å². The number of fused-ring (bicyclic) bond motifs is 1. The largest absolute Gasteiger partial charge is 0.497 e. The lowest BCUT2D eigenvalue weighted by molar-refractivity contribution is 0.0177. The van der Waals surface area contributed by atoms with Crippen LogP contribution in [0.3, 0.4) is 0 Å². The van der Waals surface area contributed by atoms with Gasteiger partial charge in [0, 0.05) is 23.2 Å². The molecule has 3 rings (SSSR count). The van der Waals surface area contributed by atoms with Crippen LogP contribution in [0.25, 0.3) is 10.1 Å². The van der Waals surface area contributed by atoms with E-state index in [1.165, 1.54) is 11.3 Å². The number of carbonyl (C=O) groups is 1. The van der Waals surface area contributed by atoms with Crippen LogP contribution < -0.4 is 15.8 Å². The molecule has 0 unspecified atom stereocenters. The Labute approximate surface area is 127 Å². The Hall–Kier alpha value is -1.79. The van der Waals surface area contributed by atoms with Crippen molar-refractivity contribution in [3.05, 3.63) is 23.1 Å². The van der Waals surface area contributed by atoms with Gasteiger partial charge in [0.2, 0.25) is 0 Å². The molecule has 0 saturated heterocycles. The van der Waals surface area contributed by atoms with Crippen molar-refractivity contribution in [2.45, 2.75) is 25.0 Å². The Kier molecular flexibility index (Phi) is 3.73. The van der Waals surface area contributed by atoms with Crippen LogP contribution in [0.1, 0.15) is 22.5 Å². The highest BCUT2D eigenvalue weighted by atomic mass is 32.1. The molecule has 0 spiro atoms. The van der Waals surface area contributed by atoms with Gasteiger partial charge in [-0.15, -0.1) is 11.3 Å². The van der Waals surface area contributed by atoms with E-state index in [1.54, 1.807) is 14.2 Å². The van der Waals surface area contributed by atoms with E-state index in [0.717, 1.165) is 28.7 Å². The van der Waals surface area contributed by atoms with Gasteiger partial charge in [0.25, 0.3) is 5.91 Å². The zero-order chi connectivity index (χ0) is 15.0. The Bertz CT molecular complexity index is 677. The topological polar surface area (TPSA) is 73.6 Å². The van der Waals surface area contributed by atoms with Gasteiger partial charge < -0.3 is 20.5 Å². The van der Waals surface area contributed by atoms with Crippen molar-refractivity contribution in [3.8, 4) is 5.75 Å². The van der Waals surface area contributed by atoms with E-state index in [4.69, 9.17) is 15.2 Å². The fraction of sp³-hybridized carbons (Fsp3) is 0.400. The van der Waals surface area contributed by atoms with Crippen molar-refractivity contribution in [1.29, 1.82) is 0 Å². The summed E-state index contributed by atoms with van der Waals surface area (Å²) < 4.78 is 11.4. The Morgan fingerprint density at radius 3 is 2.81 bits per heavy atom. The van der Waals surface area contributed by atoms with Crippen molar-refractivity contribution in [3.63, 3.8) is 0 Å². The summed E-state index contributed by atoms with van der Waals surface area (Å²) in [5, 5.41) is 3.91. The van der Waals surface area contributed by atoms with Gasteiger partial charge in [-0.2, -0.15) is 0 Å². The van der Waals surface area contributed by atoms with Crippen LogP contribution in [-0.4, -0.2) is 32.3 Å². The summed E-state index contributed by atoms with van der Waals surface area (Å²) in [7, 11) is 3.31. The number of hydrogen-bond donors (Lipinski definition) is 2. The van der Waals surface area contributed by atoms with Gasteiger partial charge in [-0.3, -0.25) is 4.79 Å². The molecule has 1 amide bonds. The van der Waals surface area contributed by atoms with E-state index in [-0.39, 0.29) is 18.1 Å². The van der Waals surface area contributed by atoms with Crippen molar-refractivity contribution in [2.75, 3.05) is 20.0 Å². The molecule has 1 aliphatic rings. The molecular formula is C15H18N2O3S. The second-order valence-corrected chi connectivity index (χ2v) is 6.26. The average molecular weight is 306 g/mol. The number of thiophene rings is 1. The second kappa shape index (κ2) is 5.54. The number of ether oxygens (including phenoxy) is 2. The normalized spacial score (nSPS) is 21.0. The van der Waals surface area contributed by atoms with Gasteiger partial charge in [-0.05, 0) is 31.0 Å². The highest BCUT2D eigenvalue weighted by molar-refractivity contribution is 7.21. The van der Waals surface area contributed by atoms with Gasteiger partial charge in [0.1, 0.15) is 10.6 Å². The van der Waals surface area contributed by atoms with Crippen LogP contribution in [0.2, 0.25) is 0 Å². The van der Waals surface area contributed by atoms with Crippen LogP contribution in [0, 0.1) is 0 Å². The molecule has 1 fully saturated rings.